The summed E-state index contributed by atoms with van der Waals surface area (Å²) in [5.41, 5.74) is 3.61. The second kappa shape index (κ2) is 6.38. The molecular weight excluding hydrogens is 311 g/mol. The number of para-hydroxylation sites is 1. The van der Waals surface area contributed by atoms with Crippen LogP contribution in [0.15, 0.2) is 52.4 Å². The first kappa shape index (κ1) is 15.5. The van der Waals surface area contributed by atoms with Crippen LogP contribution >= 0.6 is 11.8 Å². The van der Waals surface area contributed by atoms with Gasteiger partial charge in [0.05, 0.1) is 10.6 Å². The first-order valence-corrected chi connectivity index (χ1v) is 7.96. The van der Waals surface area contributed by atoms with E-state index in [-0.39, 0.29) is 11.7 Å². The van der Waals surface area contributed by atoms with Crippen molar-refractivity contribution < 1.29 is 9.18 Å². The van der Waals surface area contributed by atoms with Gasteiger partial charge in [-0.05, 0) is 60.5 Å². The molecule has 1 saturated heterocycles. The number of amides is 1. The summed E-state index contributed by atoms with van der Waals surface area (Å²) >= 11 is 1.26. The zero-order valence-electron chi connectivity index (χ0n) is 12.8. The lowest BCUT2D eigenvalue weighted by atomic mass is 10.1. The molecular formula is C18H15FN2OS. The molecule has 1 fully saturated rings. The molecule has 116 valence electrons. The monoisotopic (exact) mass is 326 g/mol. The van der Waals surface area contributed by atoms with E-state index in [1.165, 1.54) is 23.9 Å². The van der Waals surface area contributed by atoms with E-state index in [4.69, 9.17) is 0 Å². The van der Waals surface area contributed by atoms with Crippen molar-refractivity contribution in [3.05, 3.63) is 69.9 Å². The Morgan fingerprint density at radius 3 is 2.52 bits per heavy atom. The number of hydrogen-bond donors (Lipinski definition) is 1. The highest BCUT2D eigenvalue weighted by molar-refractivity contribution is 8.18. The van der Waals surface area contributed by atoms with E-state index < -0.39 is 0 Å². The Hall–Kier alpha value is -2.40. The van der Waals surface area contributed by atoms with E-state index in [0.717, 1.165) is 16.8 Å². The fourth-order valence-corrected chi connectivity index (χ4v) is 3.14. The molecule has 5 heteroatoms. The van der Waals surface area contributed by atoms with Crippen molar-refractivity contribution in [1.82, 2.24) is 5.32 Å². The predicted octanol–water partition coefficient (Wildman–Crippen LogP) is 4.33. The number of halogens is 1. The molecule has 3 nitrogen and oxygen atoms in total. The summed E-state index contributed by atoms with van der Waals surface area (Å²) in [5.74, 6) is -0.545. The van der Waals surface area contributed by atoms with Crippen molar-refractivity contribution in [2.24, 2.45) is 4.99 Å². The predicted molar refractivity (Wildman–Crippen MR) is 93.1 cm³/mol. The minimum absolute atomic E-state index is 0.218. The number of thioether (sulfide) groups is 1. The number of hydrogen-bond acceptors (Lipinski definition) is 3. The topological polar surface area (TPSA) is 41.5 Å². The molecule has 1 N–H and O–H groups in total. The van der Waals surface area contributed by atoms with Crippen LogP contribution in [0.5, 0.6) is 0 Å². The Labute approximate surface area is 138 Å². The van der Waals surface area contributed by atoms with Gasteiger partial charge >= 0.3 is 0 Å². The van der Waals surface area contributed by atoms with Gasteiger partial charge in [-0.25, -0.2) is 9.38 Å². The van der Waals surface area contributed by atoms with Gasteiger partial charge in [0, 0.05) is 0 Å². The fraction of sp³-hybridized carbons (Fsp3) is 0.111. The summed E-state index contributed by atoms with van der Waals surface area (Å²) in [6, 6.07) is 12.1. The molecule has 0 unspecified atom stereocenters. The number of nitrogens with one attached hydrogen (secondary N) is 1. The number of aryl methyl sites for hydroxylation is 2. The molecule has 1 amide bonds. The van der Waals surface area contributed by atoms with Gasteiger partial charge in [0.1, 0.15) is 5.82 Å². The average molecular weight is 326 g/mol. The highest BCUT2D eigenvalue weighted by Gasteiger charge is 2.24. The lowest BCUT2D eigenvalue weighted by Gasteiger charge is -2.04. The maximum atomic E-state index is 13.2. The lowest BCUT2D eigenvalue weighted by molar-refractivity contribution is -0.115. The van der Waals surface area contributed by atoms with E-state index in [2.05, 4.69) is 10.3 Å². The summed E-state index contributed by atoms with van der Waals surface area (Å²) in [6.45, 7) is 3.97. The summed E-state index contributed by atoms with van der Waals surface area (Å²) < 4.78 is 13.2. The maximum Gasteiger partial charge on any atom is 0.264 e. The van der Waals surface area contributed by atoms with E-state index in [0.29, 0.717) is 15.6 Å². The highest BCUT2D eigenvalue weighted by Crippen LogP contribution is 2.30. The van der Waals surface area contributed by atoms with Crippen LogP contribution in [0.25, 0.3) is 6.08 Å². The van der Waals surface area contributed by atoms with E-state index in [9.17, 15) is 9.18 Å². The Kier molecular flexibility index (Phi) is 4.30. The minimum Gasteiger partial charge on any atom is -0.300 e. The number of carbonyl (C=O) groups is 1. The first-order valence-electron chi connectivity index (χ1n) is 7.14. The third kappa shape index (κ3) is 3.51. The van der Waals surface area contributed by atoms with Crippen molar-refractivity contribution in [2.45, 2.75) is 13.8 Å². The molecule has 0 saturated carbocycles. The van der Waals surface area contributed by atoms with Crippen LogP contribution in [-0.4, -0.2) is 11.1 Å². The molecule has 1 heterocycles. The molecule has 23 heavy (non-hydrogen) atoms. The quantitative estimate of drug-likeness (QED) is 0.834. The van der Waals surface area contributed by atoms with Crippen molar-refractivity contribution in [2.75, 3.05) is 0 Å². The van der Waals surface area contributed by atoms with Gasteiger partial charge in [-0.15, -0.1) is 0 Å². The molecule has 0 spiro atoms. The fourth-order valence-electron chi connectivity index (χ4n) is 2.31. The van der Waals surface area contributed by atoms with Crippen LogP contribution in [0.1, 0.15) is 16.7 Å². The number of benzene rings is 2. The number of nitrogens with zero attached hydrogens (tertiary/aromatic N) is 1. The van der Waals surface area contributed by atoms with Gasteiger partial charge in [-0.1, -0.05) is 30.3 Å². The largest absolute Gasteiger partial charge is 0.300 e. The smallest absolute Gasteiger partial charge is 0.264 e. The Bertz CT molecular complexity index is 822. The van der Waals surface area contributed by atoms with Gasteiger partial charge < -0.3 is 5.32 Å². The van der Waals surface area contributed by atoms with Gasteiger partial charge in [0.15, 0.2) is 5.17 Å². The Morgan fingerprint density at radius 1 is 1.13 bits per heavy atom. The second-order valence-corrected chi connectivity index (χ2v) is 6.31. The van der Waals surface area contributed by atoms with Crippen molar-refractivity contribution in [3.63, 3.8) is 0 Å². The highest BCUT2D eigenvalue weighted by atomic mass is 32.2. The van der Waals surface area contributed by atoms with Crippen LogP contribution in [0.4, 0.5) is 10.1 Å². The number of amidine groups is 1. The Morgan fingerprint density at radius 2 is 1.83 bits per heavy atom. The third-order valence-corrected chi connectivity index (χ3v) is 4.36. The standard InChI is InChI=1S/C18H15FN2OS/c1-11-5-3-6-12(2)16(11)20-18-21-17(22)15(23-18)10-13-7-4-8-14(19)9-13/h3-10H,1-2H3,(H,20,21,22)/b15-10+. The minimum atomic E-state index is -0.327. The summed E-state index contributed by atoms with van der Waals surface area (Å²) in [7, 11) is 0. The van der Waals surface area contributed by atoms with Gasteiger partial charge in [0.2, 0.25) is 0 Å². The molecule has 2 aromatic carbocycles. The van der Waals surface area contributed by atoms with Crippen LogP contribution in [-0.2, 0) is 4.79 Å². The van der Waals surface area contributed by atoms with Crippen molar-refractivity contribution in [1.29, 1.82) is 0 Å². The molecule has 0 aliphatic carbocycles. The van der Waals surface area contributed by atoms with Gasteiger partial charge in [-0.3, -0.25) is 4.79 Å². The van der Waals surface area contributed by atoms with E-state index >= 15 is 0 Å². The first-order chi connectivity index (χ1) is 11.0. The van der Waals surface area contributed by atoms with E-state index in [1.54, 1.807) is 18.2 Å². The molecule has 3 rings (SSSR count). The molecule has 1 aliphatic heterocycles. The molecule has 0 bridgehead atoms. The number of rotatable bonds is 2. The lowest BCUT2D eigenvalue weighted by Crippen LogP contribution is -2.19. The maximum absolute atomic E-state index is 13.2. The van der Waals surface area contributed by atoms with E-state index in [1.807, 2.05) is 32.0 Å². The molecule has 1 aliphatic rings. The second-order valence-electron chi connectivity index (χ2n) is 5.28. The van der Waals surface area contributed by atoms with Crippen molar-refractivity contribution in [3.8, 4) is 0 Å². The number of carbonyl (C=O) groups excluding carboxylic acids is 1. The van der Waals surface area contributed by atoms with Crippen LogP contribution < -0.4 is 5.32 Å². The van der Waals surface area contributed by atoms with Gasteiger partial charge in [0.25, 0.3) is 5.91 Å². The molecule has 0 atom stereocenters. The summed E-state index contributed by atoms with van der Waals surface area (Å²) in [4.78, 5) is 17.1. The Balaban J connectivity index is 1.89. The molecule has 0 aromatic heterocycles. The molecule has 2 aromatic rings. The summed E-state index contributed by atoms with van der Waals surface area (Å²) in [5, 5.41) is 3.29. The SMILES string of the molecule is Cc1cccc(C)c1N=C1NC(=O)/C(=C\c2cccc(F)c2)S1. The zero-order valence-corrected chi connectivity index (χ0v) is 13.6. The summed E-state index contributed by atoms with van der Waals surface area (Å²) in [6.07, 6.45) is 1.66. The van der Waals surface area contributed by atoms with Gasteiger partial charge in [-0.2, -0.15) is 0 Å². The van der Waals surface area contributed by atoms with Crippen LogP contribution in [0.3, 0.4) is 0 Å². The van der Waals surface area contributed by atoms with Crippen LogP contribution in [0, 0.1) is 19.7 Å². The number of aliphatic imine (C=N–C) groups is 1. The normalized spacial score (nSPS) is 17.8. The molecule has 0 radical (unpaired) electrons. The zero-order chi connectivity index (χ0) is 16.4. The van der Waals surface area contributed by atoms with Crippen LogP contribution in [0.2, 0.25) is 0 Å². The third-order valence-electron chi connectivity index (χ3n) is 3.45. The average Bonchev–Trinajstić information content (AvgIpc) is 2.83. The van der Waals surface area contributed by atoms with Crippen molar-refractivity contribution >= 4 is 34.6 Å².